The van der Waals surface area contributed by atoms with E-state index >= 15 is 0 Å². The van der Waals surface area contributed by atoms with Crippen molar-refractivity contribution in [2.24, 2.45) is 5.92 Å². The first-order chi connectivity index (χ1) is 11.8. The van der Waals surface area contributed by atoms with Crippen molar-refractivity contribution in [3.63, 3.8) is 0 Å². The van der Waals surface area contributed by atoms with Gasteiger partial charge in [-0.15, -0.1) is 0 Å². The van der Waals surface area contributed by atoms with Crippen molar-refractivity contribution in [1.29, 1.82) is 0 Å². The molecule has 0 saturated carbocycles. The van der Waals surface area contributed by atoms with Crippen LogP contribution >= 0.6 is 0 Å². The quantitative estimate of drug-likeness (QED) is 0.600. The summed E-state index contributed by atoms with van der Waals surface area (Å²) >= 11 is 0. The summed E-state index contributed by atoms with van der Waals surface area (Å²) < 4.78 is 10.7. The van der Waals surface area contributed by atoms with E-state index in [2.05, 4.69) is 4.98 Å². The standard InChI is InChI=1S/C19H28N2O4/c1-19(2,3)25-18(23)21-12-8-15(9-13-21)5-4-14-24-17(22)16-6-10-20-11-7-16/h6-7,10-11,15H,4-5,8-9,12-14H2,1-3H3. The highest BCUT2D eigenvalue weighted by molar-refractivity contribution is 5.89. The van der Waals surface area contributed by atoms with Crippen molar-refractivity contribution in [1.82, 2.24) is 9.88 Å². The summed E-state index contributed by atoms with van der Waals surface area (Å²) in [6, 6.07) is 3.30. The second kappa shape index (κ2) is 8.83. The van der Waals surface area contributed by atoms with Crippen LogP contribution in [0.5, 0.6) is 0 Å². The number of nitrogens with zero attached hydrogens (tertiary/aromatic N) is 2. The molecule has 1 aromatic rings. The third kappa shape index (κ3) is 6.72. The summed E-state index contributed by atoms with van der Waals surface area (Å²) in [6.45, 7) is 7.53. The van der Waals surface area contributed by atoms with Gasteiger partial charge in [-0.3, -0.25) is 4.98 Å². The molecule has 1 fully saturated rings. The van der Waals surface area contributed by atoms with Crippen LogP contribution in [0, 0.1) is 5.92 Å². The molecule has 0 atom stereocenters. The highest BCUT2D eigenvalue weighted by atomic mass is 16.6. The molecule has 2 heterocycles. The summed E-state index contributed by atoms with van der Waals surface area (Å²) in [7, 11) is 0. The van der Waals surface area contributed by atoms with E-state index in [1.165, 1.54) is 0 Å². The van der Waals surface area contributed by atoms with E-state index in [0.717, 1.165) is 38.8 Å². The Balaban J connectivity index is 1.61. The van der Waals surface area contributed by atoms with Gasteiger partial charge in [0, 0.05) is 25.5 Å². The van der Waals surface area contributed by atoms with Crippen LogP contribution in [0.4, 0.5) is 4.79 Å². The minimum Gasteiger partial charge on any atom is -0.462 e. The maximum atomic E-state index is 12.0. The molecule has 0 radical (unpaired) electrons. The Morgan fingerprint density at radius 1 is 1.20 bits per heavy atom. The van der Waals surface area contributed by atoms with Gasteiger partial charge in [0.2, 0.25) is 0 Å². The van der Waals surface area contributed by atoms with Crippen molar-refractivity contribution in [3.05, 3.63) is 30.1 Å². The van der Waals surface area contributed by atoms with E-state index in [0.29, 0.717) is 18.1 Å². The lowest BCUT2D eigenvalue weighted by molar-refractivity contribution is 0.0174. The molecule has 1 aliphatic rings. The normalized spacial score (nSPS) is 15.7. The lowest BCUT2D eigenvalue weighted by Crippen LogP contribution is -2.41. The van der Waals surface area contributed by atoms with Crippen molar-refractivity contribution in [3.8, 4) is 0 Å². The molecule has 1 aliphatic heterocycles. The van der Waals surface area contributed by atoms with E-state index < -0.39 is 5.60 Å². The number of esters is 1. The van der Waals surface area contributed by atoms with Gasteiger partial charge in [0.1, 0.15) is 5.60 Å². The zero-order chi connectivity index (χ0) is 18.3. The Morgan fingerprint density at radius 2 is 1.84 bits per heavy atom. The largest absolute Gasteiger partial charge is 0.462 e. The fourth-order valence-electron chi connectivity index (χ4n) is 2.84. The minimum absolute atomic E-state index is 0.225. The second-order valence-electron chi connectivity index (χ2n) is 7.42. The smallest absolute Gasteiger partial charge is 0.410 e. The Morgan fingerprint density at radius 3 is 2.44 bits per heavy atom. The molecule has 6 nitrogen and oxygen atoms in total. The maximum Gasteiger partial charge on any atom is 0.410 e. The molecule has 0 unspecified atom stereocenters. The van der Waals surface area contributed by atoms with Crippen molar-refractivity contribution in [2.75, 3.05) is 19.7 Å². The SMILES string of the molecule is CC(C)(C)OC(=O)N1CCC(CCCOC(=O)c2ccncc2)CC1. The monoisotopic (exact) mass is 348 g/mol. The Kier molecular flexibility index (Phi) is 6.79. The lowest BCUT2D eigenvalue weighted by Gasteiger charge is -2.33. The van der Waals surface area contributed by atoms with Crippen molar-refractivity contribution < 1.29 is 19.1 Å². The Labute approximate surface area is 149 Å². The summed E-state index contributed by atoms with van der Waals surface area (Å²) in [5.74, 6) is 0.264. The van der Waals surface area contributed by atoms with Crippen LogP contribution in [0.1, 0.15) is 56.8 Å². The number of ether oxygens (including phenoxy) is 2. The molecule has 0 bridgehead atoms. The molecule has 0 aliphatic carbocycles. The Hall–Kier alpha value is -2.11. The van der Waals surface area contributed by atoms with Gasteiger partial charge in [-0.05, 0) is 64.5 Å². The Bertz CT molecular complexity index is 561. The molecule has 0 spiro atoms. The summed E-state index contributed by atoms with van der Waals surface area (Å²) in [6.07, 6.45) is 6.72. The zero-order valence-corrected chi connectivity index (χ0v) is 15.4. The molecule has 138 valence electrons. The van der Waals surface area contributed by atoms with Gasteiger partial charge in [-0.1, -0.05) is 0 Å². The first-order valence-corrected chi connectivity index (χ1v) is 8.90. The number of carbonyl (C=O) groups excluding carboxylic acids is 2. The predicted molar refractivity (Wildman–Crippen MR) is 94.3 cm³/mol. The van der Waals surface area contributed by atoms with Gasteiger partial charge >= 0.3 is 12.1 Å². The molecule has 1 aromatic heterocycles. The number of rotatable bonds is 5. The zero-order valence-electron chi connectivity index (χ0n) is 15.4. The molecule has 0 aromatic carbocycles. The molecular formula is C19H28N2O4. The average Bonchev–Trinajstić information content (AvgIpc) is 2.58. The first kappa shape index (κ1) is 19.2. The van der Waals surface area contributed by atoms with Crippen LogP contribution in [0.3, 0.4) is 0 Å². The van der Waals surface area contributed by atoms with E-state index in [1.807, 2.05) is 20.8 Å². The molecule has 1 amide bonds. The first-order valence-electron chi connectivity index (χ1n) is 8.90. The highest BCUT2D eigenvalue weighted by Gasteiger charge is 2.26. The average molecular weight is 348 g/mol. The second-order valence-corrected chi connectivity index (χ2v) is 7.42. The fraction of sp³-hybridized carbons (Fsp3) is 0.632. The molecular weight excluding hydrogens is 320 g/mol. The van der Waals surface area contributed by atoms with Crippen LogP contribution in [0.15, 0.2) is 24.5 Å². The minimum atomic E-state index is -0.452. The molecule has 25 heavy (non-hydrogen) atoms. The number of piperidine rings is 1. The van der Waals surface area contributed by atoms with Crippen LogP contribution < -0.4 is 0 Å². The van der Waals surface area contributed by atoms with Gasteiger partial charge in [-0.2, -0.15) is 0 Å². The predicted octanol–water partition coefficient (Wildman–Crippen LogP) is 3.67. The van der Waals surface area contributed by atoms with Crippen LogP contribution in [0.2, 0.25) is 0 Å². The number of likely N-dealkylation sites (tertiary alicyclic amines) is 1. The van der Waals surface area contributed by atoms with Gasteiger partial charge in [0.25, 0.3) is 0 Å². The number of aromatic nitrogens is 1. The van der Waals surface area contributed by atoms with E-state index in [9.17, 15) is 9.59 Å². The highest BCUT2D eigenvalue weighted by Crippen LogP contribution is 2.23. The van der Waals surface area contributed by atoms with Gasteiger partial charge in [-0.25, -0.2) is 9.59 Å². The van der Waals surface area contributed by atoms with Crippen LogP contribution in [-0.2, 0) is 9.47 Å². The fourth-order valence-corrected chi connectivity index (χ4v) is 2.84. The number of hydrogen-bond acceptors (Lipinski definition) is 5. The topological polar surface area (TPSA) is 68.7 Å². The van der Waals surface area contributed by atoms with Crippen molar-refractivity contribution >= 4 is 12.1 Å². The van der Waals surface area contributed by atoms with Gasteiger partial charge < -0.3 is 14.4 Å². The molecule has 6 heteroatoms. The van der Waals surface area contributed by atoms with Crippen LogP contribution in [-0.4, -0.2) is 47.2 Å². The van der Waals surface area contributed by atoms with Crippen molar-refractivity contribution in [2.45, 2.75) is 52.1 Å². The lowest BCUT2D eigenvalue weighted by atomic mass is 9.92. The van der Waals surface area contributed by atoms with E-state index in [4.69, 9.17) is 9.47 Å². The molecule has 1 saturated heterocycles. The number of carbonyl (C=O) groups is 2. The summed E-state index contributed by atoms with van der Waals surface area (Å²) in [5.41, 5.74) is 0.0766. The van der Waals surface area contributed by atoms with Crippen LogP contribution in [0.25, 0.3) is 0 Å². The molecule has 2 rings (SSSR count). The van der Waals surface area contributed by atoms with E-state index in [-0.39, 0.29) is 12.1 Å². The van der Waals surface area contributed by atoms with Gasteiger partial charge in [0.05, 0.1) is 12.2 Å². The van der Waals surface area contributed by atoms with Gasteiger partial charge in [0.15, 0.2) is 0 Å². The summed E-state index contributed by atoms with van der Waals surface area (Å²) in [4.78, 5) is 29.5. The third-order valence-corrected chi connectivity index (χ3v) is 4.17. The number of pyridine rings is 1. The van der Waals surface area contributed by atoms with E-state index in [1.54, 1.807) is 29.4 Å². The molecule has 0 N–H and O–H groups in total. The number of amides is 1. The number of hydrogen-bond donors (Lipinski definition) is 0. The third-order valence-electron chi connectivity index (χ3n) is 4.17. The maximum absolute atomic E-state index is 12.0. The summed E-state index contributed by atoms with van der Waals surface area (Å²) in [5, 5.41) is 0.